The van der Waals surface area contributed by atoms with Crippen molar-refractivity contribution in [2.45, 2.75) is 4.90 Å². The quantitative estimate of drug-likeness (QED) is 0.538. The smallest absolute Gasteiger partial charge is 0.261 e. The highest BCUT2D eigenvalue weighted by Crippen LogP contribution is 2.25. The van der Waals surface area contributed by atoms with Crippen LogP contribution in [0.1, 0.15) is 0 Å². The molecule has 4 nitrogen and oxygen atoms in total. The van der Waals surface area contributed by atoms with E-state index in [0.29, 0.717) is 5.69 Å². The van der Waals surface area contributed by atoms with E-state index in [-0.39, 0.29) is 4.90 Å². The molecule has 0 amide bonds. The molecule has 0 saturated carbocycles. The molecule has 0 aliphatic carbocycles. The third kappa shape index (κ3) is 3.64. The summed E-state index contributed by atoms with van der Waals surface area (Å²) in [5.41, 5.74) is 3.32. The number of benzene rings is 3. The molecule has 4 rings (SSSR count). The minimum absolute atomic E-state index is 0.226. The molecule has 0 saturated heterocycles. The van der Waals surface area contributed by atoms with Gasteiger partial charge in [0.05, 0.1) is 16.3 Å². The number of aromatic nitrogens is 1. The topological polar surface area (TPSA) is 51.1 Å². The molecule has 5 heteroatoms. The van der Waals surface area contributed by atoms with E-state index >= 15 is 0 Å². The molecule has 1 aromatic heterocycles. The van der Waals surface area contributed by atoms with E-state index in [1.807, 2.05) is 89.8 Å². The Bertz CT molecular complexity index is 1130. The average Bonchev–Trinajstić information content (AvgIpc) is 3.24. The first kappa shape index (κ1) is 17.1. The van der Waals surface area contributed by atoms with Crippen molar-refractivity contribution >= 4 is 15.7 Å². The molecule has 134 valence electrons. The van der Waals surface area contributed by atoms with Crippen LogP contribution in [0, 0.1) is 0 Å². The summed E-state index contributed by atoms with van der Waals surface area (Å²) in [6, 6.07) is 27.9. The summed E-state index contributed by atoms with van der Waals surface area (Å²) in [7, 11) is -3.69. The molecule has 1 heterocycles. The zero-order valence-corrected chi connectivity index (χ0v) is 15.3. The number of hydrogen-bond acceptors (Lipinski definition) is 2. The lowest BCUT2D eigenvalue weighted by Gasteiger charge is -2.13. The fourth-order valence-electron chi connectivity index (χ4n) is 2.94. The minimum atomic E-state index is -3.69. The van der Waals surface area contributed by atoms with Gasteiger partial charge in [0, 0.05) is 12.4 Å². The van der Waals surface area contributed by atoms with Gasteiger partial charge in [-0.25, -0.2) is 8.42 Å². The van der Waals surface area contributed by atoms with E-state index in [0.717, 1.165) is 16.8 Å². The standard InChI is InChI=1S/C22H18N2O2S/c25-27(26,20-14-12-19(13-15-20)18-8-2-1-3-9-18)23-21-10-4-5-11-22(21)24-16-6-7-17-24/h1-17,23H. The van der Waals surface area contributed by atoms with E-state index in [1.165, 1.54) is 0 Å². The zero-order chi connectivity index (χ0) is 18.7. The third-order valence-corrected chi connectivity index (χ3v) is 5.68. The van der Waals surface area contributed by atoms with Gasteiger partial charge in [0.15, 0.2) is 0 Å². The van der Waals surface area contributed by atoms with Crippen LogP contribution in [-0.2, 0) is 10.0 Å². The van der Waals surface area contributed by atoms with E-state index in [9.17, 15) is 8.42 Å². The molecule has 0 fully saturated rings. The number of hydrogen-bond donors (Lipinski definition) is 1. The lowest BCUT2D eigenvalue weighted by Crippen LogP contribution is -2.14. The van der Waals surface area contributed by atoms with Crippen LogP contribution < -0.4 is 4.72 Å². The summed E-state index contributed by atoms with van der Waals surface area (Å²) >= 11 is 0. The number of nitrogens with one attached hydrogen (secondary N) is 1. The maximum Gasteiger partial charge on any atom is 0.261 e. The molecule has 0 aliphatic heterocycles. The first-order valence-electron chi connectivity index (χ1n) is 8.54. The van der Waals surface area contributed by atoms with Crippen molar-refractivity contribution in [2.75, 3.05) is 4.72 Å². The Morgan fingerprint density at radius 3 is 1.93 bits per heavy atom. The van der Waals surface area contributed by atoms with Gasteiger partial charge >= 0.3 is 0 Å². The maximum atomic E-state index is 12.9. The van der Waals surface area contributed by atoms with Gasteiger partial charge in [-0.05, 0) is 47.5 Å². The molecule has 0 spiro atoms. The van der Waals surface area contributed by atoms with Crippen LogP contribution in [0.2, 0.25) is 0 Å². The molecule has 0 unspecified atom stereocenters. The van der Waals surface area contributed by atoms with Crippen LogP contribution in [0.15, 0.2) is 108 Å². The molecular weight excluding hydrogens is 356 g/mol. The van der Waals surface area contributed by atoms with E-state index in [1.54, 1.807) is 18.2 Å². The van der Waals surface area contributed by atoms with Crippen LogP contribution in [-0.4, -0.2) is 13.0 Å². The fraction of sp³-hybridized carbons (Fsp3) is 0. The second kappa shape index (κ2) is 7.13. The maximum absolute atomic E-state index is 12.9. The molecule has 3 aromatic carbocycles. The van der Waals surface area contributed by atoms with Crippen molar-refractivity contribution in [3.8, 4) is 16.8 Å². The Balaban J connectivity index is 1.64. The SMILES string of the molecule is O=S(=O)(Nc1ccccc1-n1cccc1)c1ccc(-c2ccccc2)cc1. The monoisotopic (exact) mass is 374 g/mol. The zero-order valence-electron chi connectivity index (χ0n) is 14.5. The van der Waals surface area contributed by atoms with Crippen molar-refractivity contribution in [3.63, 3.8) is 0 Å². The summed E-state index contributed by atoms with van der Waals surface area (Å²) in [5, 5.41) is 0. The van der Waals surface area contributed by atoms with Gasteiger partial charge in [0.2, 0.25) is 0 Å². The lowest BCUT2D eigenvalue weighted by molar-refractivity contribution is 0.601. The van der Waals surface area contributed by atoms with Crippen LogP contribution in [0.4, 0.5) is 5.69 Å². The number of sulfonamides is 1. The lowest BCUT2D eigenvalue weighted by atomic mass is 10.1. The Kier molecular flexibility index (Phi) is 4.52. The fourth-order valence-corrected chi connectivity index (χ4v) is 4.02. The predicted molar refractivity (Wildman–Crippen MR) is 108 cm³/mol. The highest BCUT2D eigenvalue weighted by Gasteiger charge is 2.16. The normalized spacial score (nSPS) is 11.3. The minimum Gasteiger partial charge on any atom is -0.322 e. The highest BCUT2D eigenvalue weighted by atomic mass is 32.2. The van der Waals surface area contributed by atoms with Gasteiger partial charge in [0.25, 0.3) is 10.0 Å². The number of para-hydroxylation sites is 2. The molecule has 4 aromatic rings. The summed E-state index contributed by atoms with van der Waals surface area (Å²) in [5.74, 6) is 0. The summed E-state index contributed by atoms with van der Waals surface area (Å²) in [6.45, 7) is 0. The predicted octanol–water partition coefficient (Wildman–Crippen LogP) is 4.95. The number of rotatable bonds is 5. The van der Waals surface area contributed by atoms with Crippen LogP contribution in [0.25, 0.3) is 16.8 Å². The van der Waals surface area contributed by atoms with Crippen molar-refractivity contribution in [1.29, 1.82) is 0 Å². The van der Waals surface area contributed by atoms with Crippen LogP contribution >= 0.6 is 0 Å². The Labute approximate surface area is 158 Å². The molecule has 1 N–H and O–H groups in total. The van der Waals surface area contributed by atoms with Gasteiger partial charge < -0.3 is 4.57 Å². The molecule has 0 bridgehead atoms. The highest BCUT2D eigenvalue weighted by molar-refractivity contribution is 7.92. The van der Waals surface area contributed by atoms with Gasteiger partial charge in [-0.1, -0.05) is 54.6 Å². The third-order valence-electron chi connectivity index (χ3n) is 4.30. The summed E-state index contributed by atoms with van der Waals surface area (Å²) in [6.07, 6.45) is 3.75. The Morgan fingerprint density at radius 1 is 0.630 bits per heavy atom. The van der Waals surface area contributed by atoms with E-state index < -0.39 is 10.0 Å². The Hall–Kier alpha value is -3.31. The van der Waals surface area contributed by atoms with Crippen molar-refractivity contribution in [1.82, 2.24) is 4.57 Å². The van der Waals surface area contributed by atoms with Gasteiger partial charge in [-0.15, -0.1) is 0 Å². The first-order chi connectivity index (χ1) is 13.1. The summed E-state index contributed by atoms with van der Waals surface area (Å²) < 4.78 is 30.3. The van der Waals surface area contributed by atoms with Gasteiger partial charge in [-0.3, -0.25) is 4.72 Å². The van der Waals surface area contributed by atoms with Gasteiger partial charge in [0.1, 0.15) is 0 Å². The molecular formula is C22H18N2O2S. The second-order valence-corrected chi connectivity index (χ2v) is 7.79. The van der Waals surface area contributed by atoms with Crippen molar-refractivity contribution in [3.05, 3.63) is 103 Å². The van der Waals surface area contributed by atoms with Crippen LogP contribution in [0.5, 0.6) is 0 Å². The van der Waals surface area contributed by atoms with E-state index in [2.05, 4.69) is 4.72 Å². The van der Waals surface area contributed by atoms with Crippen molar-refractivity contribution < 1.29 is 8.42 Å². The number of nitrogens with zero attached hydrogens (tertiary/aromatic N) is 1. The molecule has 27 heavy (non-hydrogen) atoms. The van der Waals surface area contributed by atoms with Crippen LogP contribution in [0.3, 0.4) is 0 Å². The number of anilines is 1. The van der Waals surface area contributed by atoms with Crippen molar-refractivity contribution in [2.24, 2.45) is 0 Å². The molecule has 0 radical (unpaired) electrons. The first-order valence-corrected chi connectivity index (χ1v) is 10.0. The summed E-state index contributed by atoms with van der Waals surface area (Å²) in [4.78, 5) is 0.226. The van der Waals surface area contributed by atoms with E-state index in [4.69, 9.17) is 0 Å². The Morgan fingerprint density at radius 2 is 1.22 bits per heavy atom. The average molecular weight is 374 g/mol. The molecule has 0 atom stereocenters. The second-order valence-electron chi connectivity index (χ2n) is 6.10. The molecule has 0 aliphatic rings. The van der Waals surface area contributed by atoms with Gasteiger partial charge in [-0.2, -0.15) is 0 Å². The largest absolute Gasteiger partial charge is 0.322 e.